The van der Waals surface area contributed by atoms with Gasteiger partial charge in [0.25, 0.3) is 0 Å². The third-order valence-corrected chi connectivity index (χ3v) is 3.32. The van der Waals surface area contributed by atoms with Crippen LogP contribution in [0.1, 0.15) is 18.5 Å². The Morgan fingerprint density at radius 2 is 2.22 bits per heavy atom. The zero-order chi connectivity index (χ0) is 13.5. The van der Waals surface area contributed by atoms with Gasteiger partial charge < -0.3 is 10.5 Å². The first kappa shape index (κ1) is 15.4. The lowest BCUT2D eigenvalue weighted by Gasteiger charge is -2.30. The summed E-state index contributed by atoms with van der Waals surface area (Å²) in [6.45, 7) is 4.36. The molecule has 1 atom stereocenters. The molecule has 5 heteroatoms. The summed E-state index contributed by atoms with van der Waals surface area (Å²) in [5.41, 5.74) is 6.25. The normalized spacial score (nSPS) is 13.0. The highest BCUT2D eigenvalue weighted by molar-refractivity contribution is 6.31. The number of nitrogens with zero attached hydrogens (tertiary/aromatic N) is 1. The first-order chi connectivity index (χ1) is 8.65. The fourth-order valence-electron chi connectivity index (χ4n) is 2.02. The van der Waals surface area contributed by atoms with Crippen LogP contribution >= 0.6 is 11.6 Å². The van der Waals surface area contributed by atoms with Crippen LogP contribution in [-0.2, 0) is 4.74 Å². The van der Waals surface area contributed by atoms with E-state index in [1.54, 1.807) is 19.2 Å². The van der Waals surface area contributed by atoms with Crippen molar-refractivity contribution in [3.63, 3.8) is 0 Å². The average Bonchev–Trinajstić information content (AvgIpc) is 2.36. The summed E-state index contributed by atoms with van der Waals surface area (Å²) in [7, 11) is 1.64. The first-order valence-electron chi connectivity index (χ1n) is 6.02. The van der Waals surface area contributed by atoms with E-state index in [4.69, 9.17) is 22.1 Å². The van der Waals surface area contributed by atoms with Gasteiger partial charge in [0.15, 0.2) is 0 Å². The van der Waals surface area contributed by atoms with Gasteiger partial charge >= 0.3 is 0 Å². The van der Waals surface area contributed by atoms with Crippen molar-refractivity contribution in [2.75, 3.05) is 33.4 Å². The number of methoxy groups -OCH3 is 1. The number of benzene rings is 1. The van der Waals surface area contributed by atoms with Gasteiger partial charge in [-0.3, -0.25) is 4.90 Å². The van der Waals surface area contributed by atoms with Crippen molar-refractivity contribution >= 4 is 11.6 Å². The van der Waals surface area contributed by atoms with Crippen LogP contribution in [0.25, 0.3) is 0 Å². The average molecular weight is 275 g/mol. The lowest BCUT2D eigenvalue weighted by atomic mass is 10.0. The van der Waals surface area contributed by atoms with E-state index < -0.39 is 0 Å². The fourth-order valence-corrected chi connectivity index (χ4v) is 2.31. The quantitative estimate of drug-likeness (QED) is 0.830. The minimum Gasteiger partial charge on any atom is -0.383 e. The lowest BCUT2D eigenvalue weighted by Crippen LogP contribution is -2.36. The number of hydrogen-bond donors (Lipinski definition) is 1. The van der Waals surface area contributed by atoms with Gasteiger partial charge in [-0.25, -0.2) is 4.39 Å². The van der Waals surface area contributed by atoms with Crippen LogP contribution in [0.3, 0.4) is 0 Å². The Hall–Kier alpha value is -0.680. The van der Waals surface area contributed by atoms with E-state index in [0.717, 1.165) is 6.54 Å². The zero-order valence-corrected chi connectivity index (χ0v) is 11.6. The highest BCUT2D eigenvalue weighted by Crippen LogP contribution is 2.29. The maximum absolute atomic E-state index is 13.9. The molecule has 0 aromatic heterocycles. The molecule has 0 aliphatic heterocycles. The third-order valence-electron chi connectivity index (χ3n) is 2.99. The molecule has 0 radical (unpaired) electrons. The molecule has 0 amide bonds. The van der Waals surface area contributed by atoms with E-state index in [0.29, 0.717) is 30.3 Å². The van der Waals surface area contributed by atoms with Crippen LogP contribution in [0.4, 0.5) is 4.39 Å². The summed E-state index contributed by atoms with van der Waals surface area (Å²) in [6, 6.07) is 4.47. The molecule has 102 valence electrons. The van der Waals surface area contributed by atoms with Crippen LogP contribution in [0.2, 0.25) is 5.02 Å². The van der Waals surface area contributed by atoms with Gasteiger partial charge in [-0.05, 0) is 18.7 Å². The predicted molar refractivity (Wildman–Crippen MR) is 72.3 cm³/mol. The topological polar surface area (TPSA) is 38.5 Å². The monoisotopic (exact) mass is 274 g/mol. The zero-order valence-electron chi connectivity index (χ0n) is 10.8. The summed E-state index contributed by atoms with van der Waals surface area (Å²) in [5.74, 6) is -0.311. The van der Waals surface area contributed by atoms with Crippen molar-refractivity contribution in [3.05, 3.63) is 34.6 Å². The highest BCUT2D eigenvalue weighted by Gasteiger charge is 2.23. The fraction of sp³-hybridized carbons (Fsp3) is 0.538. The number of hydrogen-bond acceptors (Lipinski definition) is 3. The highest BCUT2D eigenvalue weighted by atomic mass is 35.5. The molecule has 3 nitrogen and oxygen atoms in total. The van der Waals surface area contributed by atoms with Crippen molar-refractivity contribution in [1.29, 1.82) is 0 Å². The van der Waals surface area contributed by atoms with Crippen LogP contribution < -0.4 is 5.73 Å². The van der Waals surface area contributed by atoms with E-state index in [2.05, 4.69) is 4.90 Å². The summed E-state index contributed by atoms with van der Waals surface area (Å²) >= 11 is 6.08. The minimum absolute atomic E-state index is 0.223. The van der Waals surface area contributed by atoms with E-state index >= 15 is 0 Å². The molecule has 0 saturated heterocycles. The van der Waals surface area contributed by atoms with E-state index in [-0.39, 0.29) is 11.9 Å². The molecule has 1 aromatic rings. The van der Waals surface area contributed by atoms with E-state index in [9.17, 15) is 4.39 Å². The Balaban J connectivity index is 2.99. The van der Waals surface area contributed by atoms with Crippen LogP contribution in [0, 0.1) is 5.82 Å². The van der Waals surface area contributed by atoms with Crippen molar-refractivity contribution in [3.8, 4) is 0 Å². The molecule has 0 fully saturated rings. The van der Waals surface area contributed by atoms with Crippen LogP contribution in [0.5, 0.6) is 0 Å². The van der Waals surface area contributed by atoms with Crippen molar-refractivity contribution in [2.24, 2.45) is 5.73 Å². The second kappa shape index (κ2) is 7.69. The summed E-state index contributed by atoms with van der Waals surface area (Å²) in [4.78, 5) is 2.06. The molecule has 0 bridgehead atoms. The molecule has 0 spiro atoms. The Kier molecular flexibility index (Phi) is 6.57. The van der Waals surface area contributed by atoms with Gasteiger partial charge in [0, 0.05) is 30.8 Å². The Labute approximate surface area is 113 Å². The molecule has 0 aliphatic carbocycles. The second-order valence-corrected chi connectivity index (χ2v) is 4.42. The SMILES string of the molecule is CCN(CCOC)C(CN)c1c(F)cccc1Cl. The molecule has 1 rings (SSSR count). The Morgan fingerprint density at radius 1 is 1.50 bits per heavy atom. The number of rotatable bonds is 7. The predicted octanol–water partition coefficient (Wildman–Crippen LogP) is 2.45. The molecule has 2 N–H and O–H groups in total. The smallest absolute Gasteiger partial charge is 0.129 e. The van der Waals surface area contributed by atoms with Crippen molar-refractivity contribution in [1.82, 2.24) is 4.90 Å². The van der Waals surface area contributed by atoms with E-state index in [1.165, 1.54) is 6.07 Å². The van der Waals surface area contributed by atoms with Gasteiger partial charge in [0.1, 0.15) is 5.82 Å². The van der Waals surface area contributed by atoms with Gasteiger partial charge in [0.2, 0.25) is 0 Å². The number of halogens is 2. The largest absolute Gasteiger partial charge is 0.383 e. The van der Waals surface area contributed by atoms with Gasteiger partial charge in [-0.2, -0.15) is 0 Å². The molecule has 18 heavy (non-hydrogen) atoms. The van der Waals surface area contributed by atoms with Crippen molar-refractivity contribution in [2.45, 2.75) is 13.0 Å². The number of likely N-dealkylation sites (N-methyl/N-ethyl adjacent to an activating group) is 1. The molecule has 0 saturated carbocycles. The summed E-state index contributed by atoms with van der Waals surface area (Å²) < 4.78 is 19.0. The maximum atomic E-state index is 13.9. The number of ether oxygens (including phenoxy) is 1. The Morgan fingerprint density at radius 3 is 2.72 bits per heavy atom. The molecule has 0 aliphatic rings. The lowest BCUT2D eigenvalue weighted by molar-refractivity contribution is 0.124. The maximum Gasteiger partial charge on any atom is 0.129 e. The second-order valence-electron chi connectivity index (χ2n) is 4.01. The molecular weight excluding hydrogens is 255 g/mol. The van der Waals surface area contributed by atoms with Crippen LogP contribution in [-0.4, -0.2) is 38.3 Å². The summed E-state index contributed by atoms with van der Waals surface area (Å²) in [6.07, 6.45) is 0. The standard InChI is InChI=1S/C13H20ClFN2O/c1-3-17(7-8-18-2)12(9-16)13-10(14)5-4-6-11(13)15/h4-6,12H,3,7-9,16H2,1-2H3. The molecule has 1 unspecified atom stereocenters. The third kappa shape index (κ3) is 3.65. The minimum atomic E-state index is -0.311. The summed E-state index contributed by atoms with van der Waals surface area (Å²) in [5, 5.41) is 0.418. The first-order valence-corrected chi connectivity index (χ1v) is 6.40. The Bertz CT molecular complexity index is 356. The van der Waals surface area contributed by atoms with Gasteiger partial charge in [-0.15, -0.1) is 0 Å². The molecule has 0 heterocycles. The molecular formula is C13H20ClFN2O. The number of nitrogens with two attached hydrogens (primary N) is 1. The van der Waals surface area contributed by atoms with Crippen molar-refractivity contribution < 1.29 is 9.13 Å². The van der Waals surface area contributed by atoms with Gasteiger partial charge in [0.05, 0.1) is 12.6 Å². The van der Waals surface area contributed by atoms with Gasteiger partial charge in [-0.1, -0.05) is 24.6 Å². The van der Waals surface area contributed by atoms with E-state index in [1.807, 2.05) is 6.92 Å². The molecule has 1 aromatic carbocycles. The van der Waals surface area contributed by atoms with Crippen LogP contribution in [0.15, 0.2) is 18.2 Å².